The Morgan fingerprint density at radius 1 is 1.45 bits per heavy atom. The van der Waals surface area contributed by atoms with Gasteiger partial charge >= 0.3 is 5.97 Å². The molecule has 2 aromatic heterocycles. The van der Waals surface area contributed by atoms with Crippen LogP contribution in [0.2, 0.25) is 0 Å². The van der Waals surface area contributed by atoms with E-state index in [1.54, 1.807) is 0 Å². The van der Waals surface area contributed by atoms with Gasteiger partial charge in [0, 0.05) is 4.88 Å². The molecule has 1 amide bonds. The Morgan fingerprint density at radius 3 is 3.00 bits per heavy atom. The van der Waals surface area contributed by atoms with Gasteiger partial charge in [0.1, 0.15) is 5.00 Å². The number of rotatable bonds is 3. The molecular weight excluding hydrogens is 286 g/mol. The summed E-state index contributed by atoms with van der Waals surface area (Å²) in [7, 11) is 0. The van der Waals surface area contributed by atoms with Gasteiger partial charge in [0.2, 0.25) is 0 Å². The third kappa shape index (κ3) is 2.14. The van der Waals surface area contributed by atoms with Gasteiger partial charge in [-0.3, -0.25) is 4.79 Å². The molecule has 0 fully saturated rings. The van der Waals surface area contributed by atoms with E-state index < -0.39 is 11.9 Å². The highest BCUT2D eigenvalue weighted by Gasteiger charge is 2.27. The monoisotopic (exact) mass is 295 g/mol. The van der Waals surface area contributed by atoms with E-state index >= 15 is 0 Å². The minimum atomic E-state index is -1.08. The maximum atomic E-state index is 11.8. The molecule has 0 aromatic carbocycles. The summed E-state index contributed by atoms with van der Waals surface area (Å²) in [4.78, 5) is 24.1. The number of aromatic nitrogens is 4. The smallest absolute Gasteiger partial charge is 0.339 e. The van der Waals surface area contributed by atoms with Crippen molar-refractivity contribution in [3.05, 3.63) is 21.8 Å². The number of hydrogen-bond donors (Lipinski definition) is 3. The average molecular weight is 295 g/mol. The number of H-pyrrole nitrogens is 1. The van der Waals surface area contributed by atoms with Crippen molar-refractivity contribution < 1.29 is 19.4 Å². The molecule has 0 saturated heterocycles. The molecule has 3 heterocycles. The van der Waals surface area contributed by atoms with Gasteiger partial charge in [-0.2, -0.15) is 5.21 Å². The van der Waals surface area contributed by atoms with Gasteiger partial charge < -0.3 is 15.2 Å². The summed E-state index contributed by atoms with van der Waals surface area (Å²) in [5.74, 6) is -1.84. The van der Waals surface area contributed by atoms with Crippen molar-refractivity contribution in [3.63, 3.8) is 0 Å². The molecule has 3 N–H and O–H groups in total. The fourth-order valence-corrected chi connectivity index (χ4v) is 3.14. The Morgan fingerprint density at radius 2 is 2.30 bits per heavy atom. The molecule has 0 aliphatic carbocycles. The van der Waals surface area contributed by atoms with Crippen LogP contribution in [0.25, 0.3) is 0 Å². The molecule has 0 atom stereocenters. The predicted octanol–water partition coefficient (Wildman–Crippen LogP) is 0.284. The van der Waals surface area contributed by atoms with Crippen molar-refractivity contribution in [2.45, 2.75) is 13.0 Å². The van der Waals surface area contributed by atoms with E-state index in [9.17, 15) is 14.7 Å². The molecule has 0 saturated carbocycles. The maximum Gasteiger partial charge on any atom is 0.339 e. The first-order valence-corrected chi connectivity index (χ1v) is 6.49. The Hall–Kier alpha value is -2.33. The van der Waals surface area contributed by atoms with Gasteiger partial charge in [-0.15, -0.1) is 21.5 Å². The lowest BCUT2D eigenvalue weighted by molar-refractivity contribution is 0.0693. The molecule has 9 nitrogen and oxygen atoms in total. The second kappa shape index (κ2) is 4.98. The van der Waals surface area contributed by atoms with Crippen LogP contribution in [0.15, 0.2) is 0 Å². The van der Waals surface area contributed by atoms with Crippen LogP contribution in [0.1, 0.15) is 31.4 Å². The highest BCUT2D eigenvalue weighted by atomic mass is 32.1. The molecule has 1 aliphatic heterocycles. The Labute approximate surface area is 116 Å². The van der Waals surface area contributed by atoms with Crippen molar-refractivity contribution in [1.29, 1.82) is 0 Å². The number of carboxylic acid groups (broad SMARTS) is 1. The largest absolute Gasteiger partial charge is 0.478 e. The van der Waals surface area contributed by atoms with Crippen LogP contribution in [0.3, 0.4) is 0 Å². The second-order valence-corrected chi connectivity index (χ2v) is 5.11. The molecule has 0 spiro atoms. The first-order valence-electron chi connectivity index (χ1n) is 5.67. The summed E-state index contributed by atoms with van der Waals surface area (Å²) in [5.41, 5.74) is 0.835. The standard InChI is InChI=1S/C10H9N5O4S/c16-8(7-12-14-15-13-7)11-9-6(10(17)18)4-1-2-19-3-5(4)20-9/h1-3H2,(H,11,16)(H,17,18)(H,12,13,14,15). The van der Waals surface area contributed by atoms with E-state index in [2.05, 4.69) is 25.9 Å². The minimum absolute atomic E-state index is 0.116. The van der Waals surface area contributed by atoms with Crippen LogP contribution in [0.4, 0.5) is 5.00 Å². The Bertz CT molecular complexity index is 665. The first-order chi connectivity index (χ1) is 9.66. The van der Waals surface area contributed by atoms with Crippen LogP contribution in [-0.2, 0) is 17.8 Å². The number of aromatic carboxylic acids is 1. The number of ether oxygens (including phenoxy) is 1. The summed E-state index contributed by atoms with van der Waals surface area (Å²) in [6.45, 7) is 0.834. The van der Waals surface area contributed by atoms with Crippen LogP contribution in [0, 0.1) is 0 Å². The third-order valence-electron chi connectivity index (χ3n) is 2.81. The number of thiophene rings is 1. The number of carboxylic acids is 1. The number of nitrogens with zero attached hydrogens (tertiary/aromatic N) is 3. The lowest BCUT2D eigenvalue weighted by Crippen LogP contribution is -2.16. The van der Waals surface area contributed by atoms with Crippen molar-refractivity contribution >= 4 is 28.2 Å². The molecule has 20 heavy (non-hydrogen) atoms. The zero-order chi connectivity index (χ0) is 14.1. The van der Waals surface area contributed by atoms with Crippen LogP contribution in [0.5, 0.6) is 0 Å². The Balaban J connectivity index is 1.95. The van der Waals surface area contributed by atoms with Gasteiger partial charge in [0.15, 0.2) is 0 Å². The summed E-state index contributed by atoms with van der Waals surface area (Å²) >= 11 is 1.19. The van der Waals surface area contributed by atoms with E-state index in [-0.39, 0.29) is 16.4 Å². The SMILES string of the molecule is O=C(Nc1sc2c(c1C(=O)O)CCOC2)c1nn[nH]n1. The molecule has 3 rings (SSSR count). The summed E-state index contributed by atoms with van der Waals surface area (Å²) in [5, 5.41) is 24.6. The van der Waals surface area contributed by atoms with Crippen LogP contribution in [-0.4, -0.2) is 44.2 Å². The molecule has 1 aliphatic rings. The number of fused-ring (bicyclic) bond motifs is 1. The summed E-state index contributed by atoms with van der Waals surface area (Å²) in [6.07, 6.45) is 0.519. The van der Waals surface area contributed by atoms with E-state index in [4.69, 9.17) is 4.74 Å². The summed E-state index contributed by atoms with van der Waals surface area (Å²) in [6, 6.07) is 0. The topological polar surface area (TPSA) is 130 Å². The van der Waals surface area contributed by atoms with E-state index in [0.717, 1.165) is 10.4 Å². The highest BCUT2D eigenvalue weighted by molar-refractivity contribution is 7.17. The van der Waals surface area contributed by atoms with E-state index in [0.29, 0.717) is 19.6 Å². The van der Waals surface area contributed by atoms with Gasteiger partial charge in [0.05, 0.1) is 18.8 Å². The average Bonchev–Trinajstić information content (AvgIpc) is 3.05. The number of nitrogens with one attached hydrogen (secondary N) is 2. The van der Waals surface area contributed by atoms with Crippen LogP contribution >= 0.6 is 11.3 Å². The fraction of sp³-hybridized carbons (Fsp3) is 0.300. The number of hydrogen-bond acceptors (Lipinski definition) is 7. The van der Waals surface area contributed by atoms with Gasteiger partial charge in [-0.1, -0.05) is 0 Å². The van der Waals surface area contributed by atoms with Gasteiger partial charge in [-0.05, 0) is 17.2 Å². The number of amides is 1. The lowest BCUT2D eigenvalue weighted by Gasteiger charge is -2.11. The lowest BCUT2D eigenvalue weighted by atomic mass is 10.1. The Kier molecular flexibility index (Phi) is 3.16. The highest BCUT2D eigenvalue weighted by Crippen LogP contribution is 2.36. The zero-order valence-electron chi connectivity index (χ0n) is 10.0. The molecule has 0 unspecified atom stereocenters. The quantitative estimate of drug-likeness (QED) is 0.741. The number of aromatic amines is 1. The molecule has 0 bridgehead atoms. The number of carbonyl (C=O) groups excluding carboxylic acids is 1. The molecule has 2 aromatic rings. The number of anilines is 1. The maximum absolute atomic E-state index is 11.8. The number of tetrazole rings is 1. The van der Waals surface area contributed by atoms with Crippen LogP contribution < -0.4 is 5.32 Å². The normalized spacial score (nSPS) is 13.8. The number of carbonyl (C=O) groups is 2. The van der Waals surface area contributed by atoms with Crippen molar-refractivity contribution in [2.75, 3.05) is 11.9 Å². The third-order valence-corrected chi connectivity index (χ3v) is 3.93. The van der Waals surface area contributed by atoms with Crippen molar-refractivity contribution in [2.24, 2.45) is 0 Å². The first kappa shape index (κ1) is 12.7. The summed E-state index contributed by atoms with van der Waals surface area (Å²) < 4.78 is 5.29. The zero-order valence-corrected chi connectivity index (χ0v) is 10.9. The van der Waals surface area contributed by atoms with E-state index in [1.807, 2.05) is 0 Å². The van der Waals surface area contributed by atoms with Crippen molar-refractivity contribution in [3.8, 4) is 0 Å². The molecule has 0 radical (unpaired) electrons. The fourth-order valence-electron chi connectivity index (χ4n) is 1.96. The minimum Gasteiger partial charge on any atom is -0.478 e. The van der Waals surface area contributed by atoms with E-state index in [1.165, 1.54) is 11.3 Å². The predicted molar refractivity (Wildman–Crippen MR) is 66.8 cm³/mol. The molecular formula is C10H9N5O4S. The second-order valence-electron chi connectivity index (χ2n) is 4.01. The van der Waals surface area contributed by atoms with Gasteiger partial charge in [-0.25, -0.2) is 4.79 Å². The van der Waals surface area contributed by atoms with Gasteiger partial charge in [0.25, 0.3) is 11.7 Å². The molecule has 104 valence electrons. The van der Waals surface area contributed by atoms with Crippen molar-refractivity contribution in [1.82, 2.24) is 20.6 Å². The molecule has 10 heteroatoms.